The van der Waals surface area contributed by atoms with Crippen LogP contribution in [-0.2, 0) is 14.3 Å². The molecule has 0 spiro atoms. The minimum Gasteiger partial charge on any atom is -0.506 e. The van der Waals surface area contributed by atoms with Crippen molar-refractivity contribution in [2.24, 2.45) is 5.41 Å². The third-order valence-electron chi connectivity index (χ3n) is 4.66. The number of halogens is 2. The van der Waals surface area contributed by atoms with Crippen LogP contribution in [0.25, 0.3) is 0 Å². The Labute approximate surface area is 208 Å². The van der Waals surface area contributed by atoms with E-state index in [2.05, 4.69) is 49.8 Å². The number of carbonyl (C=O) groups is 3. The zero-order chi connectivity index (χ0) is 23.9. The predicted octanol–water partition coefficient (Wildman–Crippen LogP) is 5.41. The number of thiol groups is 1. The number of phenols is 1. The van der Waals surface area contributed by atoms with Gasteiger partial charge in [0.05, 0.1) is 16.8 Å². The van der Waals surface area contributed by atoms with E-state index in [-0.39, 0.29) is 18.1 Å². The number of esters is 1. The SMILES string of the molecule is CC(C)(CCOC(=O)CS)[C@H](OC(=O)NC(=O)c1ccccc1)c1cc(Br)cc(Br)c1O. The minimum atomic E-state index is -0.977. The number of aromatic hydroxyl groups is 1. The summed E-state index contributed by atoms with van der Waals surface area (Å²) in [5.41, 5.74) is -0.173. The molecule has 2 N–H and O–H groups in total. The van der Waals surface area contributed by atoms with Crippen molar-refractivity contribution in [3.63, 3.8) is 0 Å². The highest BCUT2D eigenvalue weighted by Crippen LogP contribution is 2.46. The van der Waals surface area contributed by atoms with Gasteiger partial charge >= 0.3 is 12.1 Å². The lowest BCUT2D eigenvalue weighted by molar-refractivity contribution is -0.141. The van der Waals surface area contributed by atoms with Gasteiger partial charge in [0.15, 0.2) is 0 Å². The summed E-state index contributed by atoms with van der Waals surface area (Å²) in [6.07, 6.45) is -1.64. The average molecular weight is 589 g/mol. The molecule has 0 radical (unpaired) electrons. The quantitative estimate of drug-likeness (QED) is 0.281. The van der Waals surface area contributed by atoms with Gasteiger partial charge in [-0.05, 0) is 46.6 Å². The maximum atomic E-state index is 12.6. The molecule has 2 aromatic carbocycles. The van der Waals surface area contributed by atoms with E-state index in [0.29, 0.717) is 26.5 Å². The maximum Gasteiger partial charge on any atom is 0.414 e. The van der Waals surface area contributed by atoms with Gasteiger partial charge in [-0.3, -0.25) is 14.9 Å². The van der Waals surface area contributed by atoms with Crippen LogP contribution in [0.5, 0.6) is 5.75 Å². The standard InChI is InChI=1S/C22H23Br2NO6S/c1-22(2,8-9-30-17(26)12-32)19(15-10-14(23)11-16(24)18(15)27)31-21(29)25-20(28)13-6-4-3-5-7-13/h3-7,10-11,19,27,32H,8-9,12H2,1-2H3,(H,25,28,29)/t19-/m1/s1. The zero-order valence-corrected chi connectivity index (χ0v) is 21.5. The molecule has 2 aromatic rings. The van der Waals surface area contributed by atoms with Crippen molar-refractivity contribution < 1.29 is 29.0 Å². The molecule has 0 bridgehead atoms. The second kappa shape index (κ2) is 11.7. The molecule has 7 nitrogen and oxygen atoms in total. The highest BCUT2D eigenvalue weighted by molar-refractivity contribution is 9.11. The lowest BCUT2D eigenvalue weighted by Gasteiger charge is -2.34. The summed E-state index contributed by atoms with van der Waals surface area (Å²) in [6, 6.07) is 11.5. The van der Waals surface area contributed by atoms with Crippen LogP contribution in [0.15, 0.2) is 51.4 Å². The van der Waals surface area contributed by atoms with Gasteiger partial charge in [-0.1, -0.05) is 48.0 Å². The first-order chi connectivity index (χ1) is 15.0. The van der Waals surface area contributed by atoms with Crippen molar-refractivity contribution in [2.75, 3.05) is 12.4 Å². The van der Waals surface area contributed by atoms with Crippen LogP contribution in [0.2, 0.25) is 0 Å². The third kappa shape index (κ3) is 7.25. The Morgan fingerprint density at radius 1 is 1.16 bits per heavy atom. The molecule has 0 aliphatic heterocycles. The molecule has 2 rings (SSSR count). The normalized spacial score (nSPS) is 12.0. The molecule has 0 aliphatic rings. The number of hydrogen-bond acceptors (Lipinski definition) is 7. The Hall–Kier alpha value is -2.04. The van der Waals surface area contributed by atoms with Crippen LogP contribution < -0.4 is 5.32 Å². The van der Waals surface area contributed by atoms with Crippen LogP contribution in [0.3, 0.4) is 0 Å². The Kier molecular flexibility index (Phi) is 9.60. The molecule has 32 heavy (non-hydrogen) atoms. The van der Waals surface area contributed by atoms with Crippen molar-refractivity contribution in [1.82, 2.24) is 5.32 Å². The fourth-order valence-electron chi connectivity index (χ4n) is 2.93. The summed E-state index contributed by atoms with van der Waals surface area (Å²) in [6.45, 7) is 3.66. The van der Waals surface area contributed by atoms with Crippen LogP contribution >= 0.6 is 44.5 Å². The van der Waals surface area contributed by atoms with Crippen LogP contribution in [0.1, 0.15) is 42.3 Å². The lowest BCUT2D eigenvalue weighted by Crippen LogP contribution is -2.36. The summed E-state index contributed by atoms with van der Waals surface area (Å²) in [5, 5.41) is 12.8. The van der Waals surface area contributed by atoms with Crippen molar-refractivity contribution >= 4 is 62.5 Å². The van der Waals surface area contributed by atoms with E-state index >= 15 is 0 Å². The summed E-state index contributed by atoms with van der Waals surface area (Å²) in [7, 11) is 0. The van der Waals surface area contributed by atoms with E-state index in [1.807, 2.05) is 0 Å². The molecule has 0 saturated heterocycles. The molecule has 0 aromatic heterocycles. The summed E-state index contributed by atoms with van der Waals surface area (Å²) in [5.74, 6) is -1.25. The summed E-state index contributed by atoms with van der Waals surface area (Å²) < 4.78 is 11.8. The molecule has 0 saturated carbocycles. The number of rotatable bonds is 8. The number of phenolic OH excluding ortho intramolecular Hbond substituents is 1. The first-order valence-corrected chi connectivity index (χ1v) is 11.8. The molecule has 2 amide bonds. The van der Waals surface area contributed by atoms with Gasteiger partial charge in [-0.2, -0.15) is 12.6 Å². The third-order valence-corrected chi connectivity index (χ3v) is 5.99. The van der Waals surface area contributed by atoms with Crippen molar-refractivity contribution in [3.05, 3.63) is 62.5 Å². The van der Waals surface area contributed by atoms with Gasteiger partial charge in [-0.15, -0.1) is 0 Å². The number of alkyl carbamates (subject to hydrolysis) is 1. The van der Waals surface area contributed by atoms with Gasteiger partial charge in [0.2, 0.25) is 0 Å². The molecular weight excluding hydrogens is 566 g/mol. The Balaban J connectivity index is 2.28. The number of imide groups is 1. The molecule has 10 heteroatoms. The van der Waals surface area contributed by atoms with Gasteiger partial charge < -0.3 is 14.6 Å². The molecular formula is C22H23Br2NO6S. The second-order valence-electron chi connectivity index (χ2n) is 7.55. The van der Waals surface area contributed by atoms with Crippen molar-refractivity contribution in [2.45, 2.75) is 26.4 Å². The molecule has 1 atom stereocenters. The van der Waals surface area contributed by atoms with Gasteiger partial charge in [0.25, 0.3) is 5.91 Å². The highest BCUT2D eigenvalue weighted by Gasteiger charge is 2.37. The van der Waals surface area contributed by atoms with E-state index in [0.717, 1.165) is 0 Å². The monoisotopic (exact) mass is 587 g/mol. The van der Waals surface area contributed by atoms with Crippen LogP contribution in [-0.4, -0.2) is 35.4 Å². The summed E-state index contributed by atoms with van der Waals surface area (Å²) >= 11 is 10.5. The van der Waals surface area contributed by atoms with Crippen LogP contribution in [0, 0.1) is 5.41 Å². The Morgan fingerprint density at radius 2 is 1.81 bits per heavy atom. The molecule has 172 valence electrons. The largest absolute Gasteiger partial charge is 0.506 e. The predicted molar refractivity (Wildman–Crippen MR) is 130 cm³/mol. The molecule has 0 aliphatic carbocycles. The Morgan fingerprint density at radius 3 is 2.44 bits per heavy atom. The van der Waals surface area contributed by atoms with Gasteiger partial charge in [0.1, 0.15) is 11.9 Å². The number of amides is 2. The smallest absolute Gasteiger partial charge is 0.414 e. The van der Waals surface area contributed by atoms with E-state index in [1.54, 1.807) is 56.3 Å². The second-order valence-corrected chi connectivity index (χ2v) is 9.63. The van der Waals surface area contributed by atoms with E-state index < -0.39 is 29.5 Å². The van der Waals surface area contributed by atoms with Crippen molar-refractivity contribution in [1.29, 1.82) is 0 Å². The fourth-order valence-corrected chi connectivity index (χ4v) is 4.27. The maximum absolute atomic E-state index is 12.6. The molecule has 0 unspecified atom stereocenters. The average Bonchev–Trinajstić information content (AvgIpc) is 2.74. The van der Waals surface area contributed by atoms with E-state index in [4.69, 9.17) is 9.47 Å². The number of benzene rings is 2. The van der Waals surface area contributed by atoms with Gasteiger partial charge in [-0.25, -0.2) is 4.79 Å². The highest BCUT2D eigenvalue weighted by atomic mass is 79.9. The van der Waals surface area contributed by atoms with Crippen molar-refractivity contribution in [3.8, 4) is 5.75 Å². The number of nitrogens with one attached hydrogen (secondary N) is 1. The number of hydrogen-bond donors (Lipinski definition) is 3. The lowest BCUT2D eigenvalue weighted by atomic mass is 9.79. The van der Waals surface area contributed by atoms with Gasteiger partial charge in [0, 0.05) is 21.0 Å². The number of ether oxygens (including phenoxy) is 2. The summed E-state index contributed by atoms with van der Waals surface area (Å²) in [4.78, 5) is 36.4. The zero-order valence-electron chi connectivity index (χ0n) is 17.4. The topological polar surface area (TPSA) is 102 Å². The molecule has 0 fully saturated rings. The van der Waals surface area contributed by atoms with E-state index in [9.17, 15) is 19.5 Å². The first-order valence-electron chi connectivity index (χ1n) is 9.56. The fraction of sp³-hybridized carbons (Fsp3) is 0.318. The first kappa shape index (κ1) is 26.2. The number of carbonyl (C=O) groups excluding carboxylic acids is 3. The molecule has 0 heterocycles. The van der Waals surface area contributed by atoms with Crippen LogP contribution in [0.4, 0.5) is 4.79 Å². The minimum absolute atomic E-state index is 0.0519. The van der Waals surface area contributed by atoms with E-state index in [1.165, 1.54) is 0 Å². The Bertz CT molecular complexity index is 984.